The average molecular weight is 457 g/mol. The van der Waals surface area contributed by atoms with Crippen molar-refractivity contribution in [2.75, 3.05) is 57.4 Å². The average Bonchev–Trinajstić information content (AvgIpc) is 3.42. The Morgan fingerprint density at radius 2 is 1.94 bits per heavy atom. The molecule has 1 atom stereocenters. The summed E-state index contributed by atoms with van der Waals surface area (Å²) in [7, 11) is 0. The third kappa shape index (κ3) is 3.84. The summed E-state index contributed by atoms with van der Waals surface area (Å²) in [6.45, 7) is 7.66. The number of hydrogen-bond acceptors (Lipinski definition) is 7. The Morgan fingerprint density at radius 1 is 1.06 bits per heavy atom. The van der Waals surface area contributed by atoms with Crippen LogP contribution in [-0.2, 0) is 24.1 Å². The molecule has 0 radical (unpaired) electrons. The third-order valence-corrected chi connectivity index (χ3v) is 8.52. The van der Waals surface area contributed by atoms with E-state index in [1.807, 2.05) is 16.2 Å². The first kappa shape index (κ1) is 20.6. The number of amides is 2. The molecule has 9 heteroatoms. The van der Waals surface area contributed by atoms with Gasteiger partial charge < -0.3 is 19.9 Å². The number of carbonyl (C=O) groups is 1. The fourth-order valence-electron chi connectivity index (χ4n) is 5.68. The molecule has 2 aromatic heterocycles. The molecule has 4 aliphatic rings. The molecule has 6 rings (SSSR count). The van der Waals surface area contributed by atoms with Gasteiger partial charge in [-0.15, -0.1) is 11.3 Å². The summed E-state index contributed by atoms with van der Waals surface area (Å²) < 4.78 is 5.52. The highest BCUT2D eigenvalue weighted by molar-refractivity contribution is 7.19. The van der Waals surface area contributed by atoms with Gasteiger partial charge in [0.2, 0.25) is 0 Å². The van der Waals surface area contributed by atoms with Gasteiger partial charge in [-0.25, -0.2) is 14.8 Å². The number of nitrogens with one attached hydrogen (secondary N) is 1. The van der Waals surface area contributed by atoms with Crippen LogP contribution in [0.2, 0.25) is 0 Å². The van der Waals surface area contributed by atoms with E-state index in [4.69, 9.17) is 14.7 Å². The zero-order valence-corrected chi connectivity index (χ0v) is 19.5. The highest BCUT2D eigenvalue weighted by Gasteiger charge is 2.33. The van der Waals surface area contributed by atoms with E-state index in [9.17, 15) is 4.79 Å². The van der Waals surface area contributed by atoms with Crippen LogP contribution >= 0.6 is 11.3 Å². The van der Waals surface area contributed by atoms with Crippen LogP contribution in [0.5, 0.6) is 0 Å². The summed E-state index contributed by atoms with van der Waals surface area (Å²) in [5.41, 5.74) is 1.49. The Hall–Kier alpha value is -1.97. The molecule has 5 heterocycles. The van der Waals surface area contributed by atoms with Crippen LogP contribution < -0.4 is 10.2 Å². The number of morpholine rings is 1. The standard InChI is InChI=1S/C23H32N6O2S/c30-23-24-7-9-29(23)16-4-3-8-28(14-16)21-20-17-5-1-2-6-18(17)32-22(20)26-19(25-21)15-27-10-12-31-13-11-27/h16H,1-15H2,(H,24,30). The lowest BCUT2D eigenvalue weighted by molar-refractivity contribution is 0.0331. The Kier molecular flexibility index (Phi) is 5.64. The normalized spacial score (nSPS) is 24.8. The summed E-state index contributed by atoms with van der Waals surface area (Å²) in [4.78, 5) is 32.1. The molecule has 172 valence electrons. The molecule has 0 aromatic carbocycles. The van der Waals surface area contributed by atoms with Gasteiger partial charge in [0.25, 0.3) is 0 Å². The Labute approximate surface area is 192 Å². The number of nitrogens with zero attached hydrogens (tertiary/aromatic N) is 5. The van der Waals surface area contributed by atoms with Crippen molar-refractivity contribution in [2.45, 2.75) is 51.1 Å². The molecule has 8 nitrogen and oxygen atoms in total. The van der Waals surface area contributed by atoms with Gasteiger partial charge >= 0.3 is 6.03 Å². The topological polar surface area (TPSA) is 73.8 Å². The summed E-state index contributed by atoms with van der Waals surface area (Å²) in [5, 5.41) is 4.26. The van der Waals surface area contributed by atoms with Crippen LogP contribution in [0.3, 0.4) is 0 Å². The lowest BCUT2D eigenvalue weighted by Crippen LogP contribution is -2.49. The van der Waals surface area contributed by atoms with Crippen LogP contribution in [0.25, 0.3) is 10.2 Å². The van der Waals surface area contributed by atoms with Gasteiger partial charge in [-0.3, -0.25) is 4.90 Å². The van der Waals surface area contributed by atoms with Crippen molar-refractivity contribution in [1.82, 2.24) is 25.1 Å². The molecule has 1 unspecified atom stereocenters. The van der Waals surface area contributed by atoms with Gasteiger partial charge in [-0.1, -0.05) is 0 Å². The molecule has 1 N–H and O–H groups in total. The van der Waals surface area contributed by atoms with Gasteiger partial charge in [0.15, 0.2) is 0 Å². The number of piperidine rings is 1. The molecule has 3 saturated heterocycles. The fourth-order valence-corrected chi connectivity index (χ4v) is 6.95. The highest BCUT2D eigenvalue weighted by Crippen LogP contribution is 2.40. The van der Waals surface area contributed by atoms with Crippen molar-refractivity contribution in [3.05, 3.63) is 16.3 Å². The van der Waals surface area contributed by atoms with E-state index >= 15 is 0 Å². The predicted molar refractivity (Wildman–Crippen MR) is 125 cm³/mol. The van der Waals surface area contributed by atoms with E-state index < -0.39 is 0 Å². The molecule has 2 aromatic rings. The number of aryl methyl sites for hydroxylation is 2. The number of urea groups is 1. The van der Waals surface area contributed by atoms with Crippen LogP contribution in [0.15, 0.2) is 0 Å². The Bertz CT molecular complexity index is 1000. The maximum atomic E-state index is 12.3. The number of fused-ring (bicyclic) bond motifs is 3. The quantitative estimate of drug-likeness (QED) is 0.762. The molecule has 32 heavy (non-hydrogen) atoms. The smallest absolute Gasteiger partial charge is 0.317 e. The number of aromatic nitrogens is 2. The second-order valence-electron chi connectivity index (χ2n) is 9.41. The molecule has 0 spiro atoms. The predicted octanol–water partition coefficient (Wildman–Crippen LogP) is 2.40. The summed E-state index contributed by atoms with van der Waals surface area (Å²) in [6, 6.07) is 0.346. The maximum absolute atomic E-state index is 12.3. The number of carbonyl (C=O) groups excluding carboxylic acids is 1. The largest absolute Gasteiger partial charge is 0.379 e. The lowest BCUT2D eigenvalue weighted by Gasteiger charge is -2.38. The first-order valence-electron chi connectivity index (χ1n) is 12.2. The minimum atomic E-state index is 0.0885. The summed E-state index contributed by atoms with van der Waals surface area (Å²) in [5.74, 6) is 2.04. The minimum Gasteiger partial charge on any atom is -0.379 e. The summed E-state index contributed by atoms with van der Waals surface area (Å²) in [6.07, 6.45) is 7.00. The number of anilines is 1. The van der Waals surface area contributed by atoms with Gasteiger partial charge in [-0.2, -0.15) is 0 Å². The van der Waals surface area contributed by atoms with Crippen molar-refractivity contribution in [2.24, 2.45) is 0 Å². The zero-order chi connectivity index (χ0) is 21.5. The van der Waals surface area contributed by atoms with Gasteiger partial charge in [0.1, 0.15) is 16.5 Å². The molecular weight excluding hydrogens is 424 g/mol. The number of hydrogen-bond donors (Lipinski definition) is 1. The monoisotopic (exact) mass is 456 g/mol. The second kappa shape index (κ2) is 8.76. The molecule has 2 amide bonds. The molecular formula is C23H32N6O2S. The molecule has 1 aliphatic carbocycles. The first-order valence-corrected chi connectivity index (χ1v) is 13.0. The third-order valence-electron chi connectivity index (χ3n) is 7.34. The van der Waals surface area contributed by atoms with Crippen LogP contribution in [0, 0.1) is 0 Å². The molecule has 3 fully saturated rings. The van der Waals surface area contributed by atoms with E-state index in [1.54, 1.807) is 0 Å². The number of rotatable bonds is 4. The first-order chi connectivity index (χ1) is 15.8. The fraction of sp³-hybridized carbons (Fsp3) is 0.696. The highest BCUT2D eigenvalue weighted by atomic mass is 32.1. The van der Waals surface area contributed by atoms with Crippen LogP contribution in [0.4, 0.5) is 10.6 Å². The second-order valence-corrected chi connectivity index (χ2v) is 10.5. The van der Waals surface area contributed by atoms with Crippen molar-refractivity contribution in [1.29, 1.82) is 0 Å². The van der Waals surface area contributed by atoms with Crippen LogP contribution in [0.1, 0.15) is 41.9 Å². The van der Waals surface area contributed by atoms with Crippen molar-refractivity contribution >= 4 is 33.4 Å². The molecule has 0 saturated carbocycles. The Morgan fingerprint density at radius 3 is 2.78 bits per heavy atom. The molecule has 0 bridgehead atoms. The van der Waals surface area contributed by atoms with E-state index in [0.717, 1.165) is 94.8 Å². The number of ether oxygens (including phenoxy) is 1. The number of thiophene rings is 1. The molecule has 3 aliphatic heterocycles. The van der Waals surface area contributed by atoms with Gasteiger partial charge in [-0.05, 0) is 44.1 Å². The van der Waals surface area contributed by atoms with Crippen molar-refractivity contribution in [3.8, 4) is 0 Å². The maximum Gasteiger partial charge on any atom is 0.317 e. The van der Waals surface area contributed by atoms with Gasteiger partial charge in [0.05, 0.1) is 31.2 Å². The van der Waals surface area contributed by atoms with E-state index in [1.165, 1.54) is 35.1 Å². The van der Waals surface area contributed by atoms with Crippen molar-refractivity contribution < 1.29 is 9.53 Å². The summed E-state index contributed by atoms with van der Waals surface area (Å²) >= 11 is 1.89. The van der Waals surface area contributed by atoms with Crippen LogP contribution in [-0.4, -0.2) is 84.3 Å². The van der Waals surface area contributed by atoms with Crippen molar-refractivity contribution in [3.63, 3.8) is 0 Å². The van der Waals surface area contributed by atoms with Gasteiger partial charge in [0, 0.05) is 44.1 Å². The lowest BCUT2D eigenvalue weighted by atomic mass is 9.96. The SMILES string of the molecule is O=C1NCCN1C1CCCN(c2nc(CN3CCOCC3)nc3sc4c(c23)CCCC4)C1. The van der Waals surface area contributed by atoms with E-state index in [0.29, 0.717) is 0 Å². The van der Waals surface area contributed by atoms with E-state index in [2.05, 4.69) is 15.1 Å². The van der Waals surface area contributed by atoms with E-state index in [-0.39, 0.29) is 12.1 Å². The Balaban J connectivity index is 1.36. The zero-order valence-electron chi connectivity index (χ0n) is 18.6. The minimum absolute atomic E-state index is 0.0885.